The number of hydrogen-bond donors (Lipinski definition) is 0. The van der Waals surface area contributed by atoms with Crippen LogP contribution in [0.1, 0.15) is 5.56 Å². The van der Waals surface area contributed by atoms with Gasteiger partial charge in [0.2, 0.25) is 5.16 Å². The van der Waals surface area contributed by atoms with Crippen molar-refractivity contribution in [2.75, 3.05) is 12.9 Å². The maximum absolute atomic E-state index is 5.52. The fourth-order valence-corrected chi connectivity index (χ4v) is 2.34. The third-order valence-corrected chi connectivity index (χ3v) is 3.32. The van der Waals surface area contributed by atoms with Gasteiger partial charge in [0.05, 0.1) is 6.61 Å². The summed E-state index contributed by atoms with van der Waals surface area (Å²) in [6, 6.07) is 10.3. The second-order valence-corrected chi connectivity index (χ2v) is 4.62. The summed E-state index contributed by atoms with van der Waals surface area (Å²) < 4.78 is 9.65. The van der Waals surface area contributed by atoms with Gasteiger partial charge in [-0.15, -0.1) is 0 Å². The lowest BCUT2D eigenvalue weighted by atomic mass is 10.2. The minimum Gasteiger partial charge on any atom is -0.469 e. The molecule has 0 unspecified atom stereocenters. The molecule has 0 amide bonds. The van der Waals surface area contributed by atoms with Gasteiger partial charge in [0, 0.05) is 18.0 Å². The summed E-state index contributed by atoms with van der Waals surface area (Å²) in [4.78, 5) is 4.21. The fraction of sp³-hybridized carbons (Fsp3) is 0.273. The van der Waals surface area contributed by atoms with Crippen LogP contribution < -0.4 is 4.74 Å². The van der Waals surface area contributed by atoms with E-state index >= 15 is 0 Å². The highest BCUT2D eigenvalue weighted by Gasteiger charge is 2.03. The Labute approximate surface area is 103 Å². The Kier molecular flexibility index (Phi) is 4.18. The first-order valence-corrected chi connectivity index (χ1v) is 6.93. The molecule has 0 N–H and O–H groups in total. The Morgan fingerprint density at radius 3 is 2.81 bits per heavy atom. The minimum absolute atomic E-state index is 0.646. The molecule has 84 valence electrons. The van der Waals surface area contributed by atoms with Crippen molar-refractivity contribution in [1.29, 1.82) is 0 Å². The molecule has 0 aliphatic carbocycles. The van der Waals surface area contributed by atoms with Crippen LogP contribution >= 0.6 is 23.3 Å². The summed E-state index contributed by atoms with van der Waals surface area (Å²) in [5.74, 6) is 0. The number of aromatic nitrogens is 2. The first kappa shape index (κ1) is 11.4. The van der Waals surface area contributed by atoms with Crippen molar-refractivity contribution >= 4 is 23.3 Å². The van der Waals surface area contributed by atoms with Gasteiger partial charge in [-0.3, -0.25) is 0 Å². The van der Waals surface area contributed by atoms with E-state index in [0.717, 1.165) is 11.6 Å². The molecule has 1 aromatic carbocycles. The molecule has 0 fully saturated rings. The van der Waals surface area contributed by atoms with Crippen LogP contribution in [0.4, 0.5) is 0 Å². The van der Waals surface area contributed by atoms with Crippen molar-refractivity contribution in [3.8, 4) is 5.19 Å². The van der Waals surface area contributed by atoms with E-state index in [4.69, 9.17) is 4.74 Å². The van der Waals surface area contributed by atoms with Crippen molar-refractivity contribution in [2.24, 2.45) is 0 Å². The molecular formula is C11H12N2OS2. The third kappa shape index (κ3) is 3.21. The third-order valence-electron chi connectivity index (χ3n) is 2.03. The maximum atomic E-state index is 5.52. The highest BCUT2D eigenvalue weighted by atomic mass is 32.2. The van der Waals surface area contributed by atoms with Crippen LogP contribution in [0.5, 0.6) is 5.19 Å². The number of hydrogen-bond acceptors (Lipinski definition) is 5. The Bertz CT molecular complexity index is 431. The van der Waals surface area contributed by atoms with Crippen LogP contribution in [0.25, 0.3) is 0 Å². The van der Waals surface area contributed by atoms with E-state index in [-0.39, 0.29) is 0 Å². The van der Waals surface area contributed by atoms with Crippen LogP contribution in [0, 0.1) is 0 Å². The summed E-state index contributed by atoms with van der Waals surface area (Å²) in [6.45, 7) is 0.646. The first-order chi connectivity index (χ1) is 7.88. The SMILES string of the molecule is CSc1nsc(OCCc2ccccc2)n1. The summed E-state index contributed by atoms with van der Waals surface area (Å²) in [6.07, 6.45) is 2.85. The van der Waals surface area contributed by atoms with Gasteiger partial charge < -0.3 is 4.74 Å². The minimum atomic E-state index is 0.646. The summed E-state index contributed by atoms with van der Waals surface area (Å²) in [7, 11) is 0. The fourth-order valence-electron chi connectivity index (χ4n) is 1.24. The molecule has 16 heavy (non-hydrogen) atoms. The van der Waals surface area contributed by atoms with Crippen molar-refractivity contribution in [1.82, 2.24) is 9.36 Å². The Hall–Kier alpha value is -1.07. The van der Waals surface area contributed by atoms with Crippen molar-refractivity contribution in [2.45, 2.75) is 11.6 Å². The quantitative estimate of drug-likeness (QED) is 0.766. The molecule has 1 aromatic heterocycles. The van der Waals surface area contributed by atoms with Gasteiger partial charge in [-0.1, -0.05) is 42.1 Å². The molecule has 0 saturated heterocycles. The van der Waals surface area contributed by atoms with Gasteiger partial charge in [-0.05, 0) is 11.8 Å². The molecule has 3 nitrogen and oxygen atoms in total. The first-order valence-electron chi connectivity index (χ1n) is 4.93. The van der Waals surface area contributed by atoms with E-state index in [1.807, 2.05) is 24.5 Å². The van der Waals surface area contributed by atoms with Crippen molar-refractivity contribution < 1.29 is 4.74 Å². The number of benzene rings is 1. The maximum Gasteiger partial charge on any atom is 0.293 e. The second kappa shape index (κ2) is 5.86. The zero-order chi connectivity index (χ0) is 11.2. The standard InChI is InChI=1S/C11H12N2OS2/c1-15-10-12-11(16-13-10)14-8-7-9-5-3-2-4-6-9/h2-6H,7-8H2,1H3. The molecule has 0 aliphatic rings. The molecule has 0 radical (unpaired) electrons. The number of ether oxygens (including phenoxy) is 1. The lowest BCUT2D eigenvalue weighted by molar-refractivity contribution is 0.318. The van der Waals surface area contributed by atoms with Gasteiger partial charge in [-0.2, -0.15) is 9.36 Å². The average Bonchev–Trinajstić information content (AvgIpc) is 2.78. The summed E-state index contributed by atoms with van der Waals surface area (Å²) in [5.41, 5.74) is 1.28. The monoisotopic (exact) mass is 252 g/mol. The number of rotatable bonds is 5. The predicted octanol–water partition coefficient (Wildman–Crippen LogP) is 2.88. The molecule has 0 spiro atoms. The molecule has 2 aromatic rings. The van der Waals surface area contributed by atoms with Gasteiger partial charge in [0.1, 0.15) is 0 Å². The highest BCUT2D eigenvalue weighted by Crippen LogP contribution is 2.19. The van der Waals surface area contributed by atoms with Crippen molar-refractivity contribution in [3.63, 3.8) is 0 Å². The van der Waals surface area contributed by atoms with E-state index in [0.29, 0.717) is 11.8 Å². The number of nitrogens with zero attached hydrogens (tertiary/aromatic N) is 2. The zero-order valence-corrected chi connectivity index (χ0v) is 10.6. The molecule has 5 heteroatoms. The topological polar surface area (TPSA) is 35.0 Å². The highest BCUT2D eigenvalue weighted by molar-refractivity contribution is 7.98. The zero-order valence-electron chi connectivity index (χ0n) is 8.92. The van der Waals surface area contributed by atoms with E-state index in [9.17, 15) is 0 Å². The molecule has 0 bridgehead atoms. The Morgan fingerprint density at radius 2 is 2.12 bits per heavy atom. The van der Waals surface area contributed by atoms with Gasteiger partial charge in [0.25, 0.3) is 5.19 Å². The normalized spacial score (nSPS) is 10.3. The van der Waals surface area contributed by atoms with E-state index in [2.05, 4.69) is 21.5 Å². The Morgan fingerprint density at radius 1 is 1.31 bits per heavy atom. The van der Waals surface area contributed by atoms with Crippen LogP contribution in [-0.4, -0.2) is 22.2 Å². The molecule has 2 rings (SSSR count). The van der Waals surface area contributed by atoms with Crippen LogP contribution in [0.15, 0.2) is 35.5 Å². The van der Waals surface area contributed by atoms with Crippen LogP contribution in [0.2, 0.25) is 0 Å². The van der Waals surface area contributed by atoms with E-state index in [1.54, 1.807) is 0 Å². The second-order valence-electron chi connectivity index (χ2n) is 3.13. The van der Waals surface area contributed by atoms with Crippen LogP contribution in [0.3, 0.4) is 0 Å². The molecule has 0 aliphatic heterocycles. The Balaban J connectivity index is 1.80. The van der Waals surface area contributed by atoms with Gasteiger partial charge in [-0.25, -0.2) is 0 Å². The largest absolute Gasteiger partial charge is 0.469 e. The summed E-state index contributed by atoms with van der Waals surface area (Å²) in [5, 5.41) is 1.43. The average molecular weight is 252 g/mol. The lowest BCUT2D eigenvalue weighted by Crippen LogP contribution is -2.00. The summed E-state index contributed by atoms with van der Waals surface area (Å²) >= 11 is 2.83. The van der Waals surface area contributed by atoms with Gasteiger partial charge >= 0.3 is 0 Å². The van der Waals surface area contributed by atoms with Crippen LogP contribution in [-0.2, 0) is 6.42 Å². The smallest absolute Gasteiger partial charge is 0.293 e. The molecule has 0 atom stereocenters. The molecular weight excluding hydrogens is 240 g/mol. The predicted molar refractivity (Wildman–Crippen MR) is 67.3 cm³/mol. The lowest BCUT2D eigenvalue weighted by Gasteiger charge is -2.01. The van der Waals surface area contributed by atoms with Crippen molar-refractivity contribution in [3.05, 3.63) is 35.9 Å². The number of thioether (sulfide) groups is 1. The van der Waals surface area contributed by atoms with Gasteiger partial charge in [0.15, 0.2) is 0 Å². The van der Waals surface area contributed by atoms with E-state index < -0.39 is 0 Å². The van der Waals surface area contributed by atoms with E-state index in [1.165, 1.54) is 28.9 Å². The molecule has 1 heterocycles. The molecule has 0 saturated carbocycles.